The molecule has 0 bridgehead atoms. The first kappa shape index (κ1) is 19.2. The quantitative estimate of drug-likeness (QED) is 0.665. The van der Waals surface area contributed by atoms with Gasteiger partial charge >= 0.3 is 5.97 Å². The van der Waals surface area contributed by atoms with Gasteiger partial charge in [-0.1, -0.05) is 41.9 Å². The van der Waals surface area contributed by atoms with Crippen molar-refractivity contribution in [2.24, 2.45) is 0 Å². The summed E-state index contributed by atoms with van der Waals surface area (Å²) in [5.74, 6) is -1.57. The van der Waals surface area contributed by atoms with Crippen molar-refractivity contribution in [1.29, 1.82) is 0 Å². The molecule has 1 atom stereocenters. The van der Waals surface area contributed by atoms with E-state index in [1.54, 1.807) is 30.3 Å². The predicted molar refractivity (Wildman–Crippen MR) is 97.5 cm³/mol. The molecule has 0 aromatic heterocycles. The van der Waals surface area contributed by atoms with Crippen molar-refractivity contribution in [3.05, 3.63) is 53.1 Å². The molecule has 3 N–H and O–H groups in total. The molecule has 27 heavy (non-hydrogen) atoms. The molecule has 3 rings (SSSR count). The van der Waals surface area contributed by atoms with E-state index in [1.165, 1.54) is 6.07 Å². The number of aliphatic carboxylic acids is 1. The van der Waals surface area contributed by atoms with E-state index in [1.807, 2.05) is 0 Å². The lowest BCUT2D eigenvalue weighted by molar-refractivity contribution is -0.138. The highest BCUT2D eigenvalue weighted by Gasteiger charge is 2.29. The summed E-state index contributed by atoms with van der Waals surface area (Å²) < 4.78 is 32.8. The van der Waals surface area contributed by atoms with Crippen LogP contribution in [0.15, 0.2) is 47.4 Å². The van der Waals surface area contributed by atoms with Gasteiger partial charge in [0, 0.05) is 6.07 Å². The Labute approximate surface area is 160 Å². The van der Waals surface area contributed by atoms with Gasteiger partial charge in [-0.2, -0.15) is 4.72 Å². The van der Waals surface area contributed by atoms with Gasteiger partial charge in [0.1, 0.15) is 16.7 Å². The Morgan fingerprint density at radius 3 is 2.67 bits per heavy atom. The first-order valence-corrected chi connectivity index (χ1v) is 9.67. The Morgan fingerprint density at radius 1 is 1.30 bits per heavy atom. The van der Waals surface area contributed by atoms with E-state index in [9.17, 15) is 23.1 Å². The van der Waals surface area contributed by atoms with E-state index in [0.717, 1.165) is 6.07 Å². The summed E-state index contributed by atoms with van der Waals surface area (Å²) in [5, 5.41) is 11.7. The van der Waals surface area contributed by atoms with Crippen LogP contribution in [0.4, 0.5) is 5.69 Å². The third-order valence-corrected chi connectivity index (χ3v) is 5.77. The van der Waals surface area contributed by atoms with Crippen LogP contribution in [-0.4, -0.2) is 38.0 Å². The molecular weight excluding hydrogens is 396 g/mol. The largest absolute Gasteiger partial charge is 0.482 e. The summed E-state index contributed by atoms with van der Waals surface area (Å²) in [6, 6.07) is 9.65. The number of carbonyl (C=O) groups excluding carboxylic acids is 1. The van der Waals surface area contributed by atoms with E-state index >= 15 is 0 Å². The van der Waals surface area contributed by atoms with Crippen molar-refractivity contribution < 1.29 is 27.9 Å². The number of rotatable bonds is 6. The fraction of sp³-hybridized carbons (Fsp3) is 0.176. The molecule has 1 heterocycles. The van der Waals surface area contributed by atoms with Crippen molar-refractivity contribution in [3.63, 3.8) is 0 Å². The number of hydrogen-bond acceptors (Lipinski definition) is 5. The number of sulfonamides is 1. The lowest BCUT2D eigenvalue weighted by Crippen LogP contribution is -2.42. The summed E-state index contributed by atoms with van der Waals surface area (Å²) >= 11 is 6.04. The number of hydrogen-bond donors (Lipinski definition) is 3. The van der Waals surface area contributed by atoms with Crippen LogP contribution in [0.3, 0.4) is 0 Å². The van der Waals surface area contributed by atoms with Crippen LogP contribution in [0.1, 0.15) is 5.56 Å². The van der Waals surface area contributed by atoms with Gasteiger partial charge in [-0.25, -0.2) is 8.42 Å². The number of anilines is 1. The second-order valence-corrected chi connectivity index (χ2v) is 7.91. The van der Waals surface area contributed by atoms with Crippen LogP contribution in [0, 0.1) is 0 Å². The van der Waals surface area contributed by atoms with Gasteiger partial charge in [-0.05, 0) is 18.1 Å². The van der Waals surface area contributed by atoms with Crippen LogP contribution >= 0.6 is 11.6 Å². The molecule has 0 aliphatic carbocycles. The van der Waals surface area contributed by atoms with Crippen molar-refractivity contribution >= 4 is 39.2 Å². The predicted octanol–water partition coefficient (Wildman–Crippen LogP) is 1.65. The second-order valence-electron chi connectivity index (χ2n) is 5.82. The zero-order chi connectivity index (χ0) is 19.6. The molecule has 8 nitrogen and oxygen atoms in total. The minimum absolute atomic E-state index is 0.0372. The van der Waals surface area contributed by atoms with Gasteiger partial charge in [-0.15, -0.1) is 0 Å². The summed E-state index contributed by atoms with van der Waals surface area (Å²) in [6.07, 6.45) is -0.0372. The van der Waals surface area contributed by atoms with Crippen molar-refractivity contribution in [1.82, 2.24) is 4.72 Å². The fourth-order valence-electron chi connectivity index (χ4n) is 2.57. The van der Waals surface area contributed by atoms with Crippen LogP contribution in [-0.2, 0) is 26.0 Å². The van der Waals surface area contributed by atoms with Crippen LogP contribution < -0.4 is 14.8 Å². The van der Waals surface area contributed by atoms with Gasteiger partial charge in [0.05, 0.1) is 10.7 Å². The van der Waals surface area contributed by atoms with E-state index in [-0.39, 0.29) is 40.3 Å². The van der Waals surface area contributed by atoms with E-state index in [2.05, 4.69) is 10.0 Å². The van der Waals surface area contributed by atoms with Crippen LogP contribution in [0.5, 0.6) is 5.75 Å². The minimum atomic E-state index is -4.26. The molecule has 142 valence electrons. The molecule has 0 saturated carbocycles. The molecule has 2 aromatic carbocycles. The summed E-state index contributed by atoms with van der Waals surface area (Å²) in [4.78, 5) is 22.5. The summed E-state index contributed by atoms with van der Waals surface area (Å²) in [6.45, 7) is -0.257. The highest BCUT2D eigenvalue weighted by Crippen LogP contribution is 2.35. The normalized spacial score (nSPS) is 14.6. The Bertz CT molecular complexity index is 994. The van der Waals surface area contributed by atoms with Crippen LogP contribution in [0.2, 0.25) is 5.02 Å². The second kappa shape index (κ2) is 7.55. The molecule has 0 radical (unpaired) electrons. The Balaban J connectivity index is 1.89. The molecule has 1 aliphatic heterocycles. The Hall–Kier alpha value is -2.62. The Kier molecular flexibility index (Phi) is 5.36. The van der Waals surface area contributed by atoms with Gasteiger partial charge < -0.3 is 15.2 Å². The number of nitrogens with one attached hydrogen (secondary N) is 2. The molecular formula is C17H15ClN2O6S. The topological polar surface area (TPSA) is 122 Å². The monoisotopic (exact) mass is 410 g/mol. The number of halogens is 1. The average molecular weight is 411 g/mol. The number of amides is 1. The van der Waals surface area contributed by atoms with Gasteiger partial charge in [0.25, 0.3) is 5.91 Å². The average Bonchev–Trinajstić information content (AvgIpc) is 2.61. The maximum Gasteiger partial charge on any atom is 0.322 e. The standard InChI is InChI=1S/C17H15ClN2O6S/c18-11-7-12-14(26-9-16(21)19-12)8-15(11)27(24,25)20-13(17(22)23)6-10-4-2-1-3-5-10/h1-5,7-8,13,20H,6,9H2,(H,19,21)(H,22,23)/t13-/m0/s1. The SMILES string of the molecule is O=C1COc2cc(S(=O)(=O)N[C@@H](Cc3ccccc3)C(=O)O)c(Cl)cc2N1. The van der Waals surface area contributed by atoms with E-state index in [4.69, 9.17) is 16.3 Å². The molecule has 0 spiro atoms. The lowest BCUT2D eigenvalue weighted by atomic mass is 10.1. The van der Waals surface area contributed by atoms with Crippen LogP contribution in [0.25, 0.3) is 0 Å². The summed E-state index contributed by atoms with van der Waals surface area (Å²) in [7, 11) is -4.26. The molecule has 0 saturated heterocycles. The number of carboxylic acid groups (broad SMARTS) is 1. The van der Waals surface area contributed by atoms with Crippen molar-refractivity contribution in [2.75, 3.05) is 11.9 Å². The smallest absolute Gasteiger partial charge is 0.322 e. The highest BCUT2D eigenvalue weighted by atomic mass is 35.5. The molecule has 10 heteroatoms. The van der Waals surface area contributed by atoms with Crippen molar-refractivity contribution in [3.8, 4) is 5.75 Å². The minimum Gasteiger partial charge on any atom is -0.482 e. The number of fused-ring (bicyclic) bond motifs is 1. The third kappa shape index (κ3) is 4.38. The molecule has 2 aromatic rings. The Morgan fingerprint density at radius 2 is 2.00 bits per heavy atom. The first-order valence-electron chi connectivity index (χ1n) is 7.81. The summed E-state index contributed by atoms with van der Waals surface area (Å²) in [5.41, 5.74) is 0.907. The number of benzene rings is 2. The lowest BCUT2D eigenvalue weighted by Gasteiger charge is -2.20. The van der Waals surface area contributed by atoms with E-state index in [0.29, 0.717) is 5.56 Å². The number of carbonyl (C=O) groups is 2. The van der Waals surface area contributed by atoms with Gasteiger partial charge in [-0.3, -0.25) is 9.59 Å². The molecule has 1 aliphatic rings. The van der Waals surface area contributed by atoms with Gasteiger partial charge in [0.2, 0.25) is 10.0 Å². The first-order chi connectivity index (χ1) is 12.8. The maximum absolute atomic E-state index is 12.7. The van der Waals surface area contributed by atoms with E-state index < -0.39 is 22.0 Å². The van der Waals surface area contributed by atoms with Gasteiger partial charge in [0.15, 0.2) is 6.61 Å². The zero-order valence-corrected chi connectivity index (χ0v) is 15.4. The molecule has 0 unspecified atom stereocenters. The number of ether oxygens (including phenoxy) is 1. The van der Waals surface area contributed by atoms with Crippen molar-refractivity contribution in [2.45, 2.75) is 17.4 Å². The zero-order valence-electron chi connectivity index (χ0n) is 13.8. The fourth-order valence-corrected chi connectivity index (χ4v) is 4.30. The molecule has 1 amide bonds. The third-order valence-electron chi connectivity index (χ3n) is 3.83. The molecule has 0 fully saturated rings. The maximum atomic E-state index is 12.7. The number of carboxylic acids is 1. The highest BCUT2D eigenvalue weighted by molar-refractivity contribution is 7.89.